The first-order chi connectivity index (χ1) is 15.3. The van der Waals surface area contributed by atoms with Crippen LogP contribution in [0.15, 0.2) is 83.1 Å². The summed E-state index contributed by atoms with van der Waals surface area (Å²) in [4.78, 5) is 16.0. The summed E-state index contributed by atoms with van der Waals surface area (Å²) in [5.74, 6) is 0.236. The number of carbonyl (C=O) groups is 1. The molecule has 4 nitrogen and oxygen atoms in total. The topological polar surface area (TPSA) is 48.4 Å². The van der Waals surface area contributed by atoms with Crippen molar-refractivity contribution in [3.05, 3.63) is 83.1 Å². The Morgan fingerprint density at radius 3 is 2.69 bits per heavy atom. The van der Waals surface area contributed by atoms with Crippen molar-refractivity contribution >= 4 is 5.97 Å². The Bertz CT molecular complexity index is 902. The predicted molar refractivity (Wildman–Crippen MR) is 131 cm³/mol. The van der Waals surface area contributed by atoms with Gasteiger partial charge in [-0.2, -0.15) is 0 Å². The summed E-state index contributed by atoms with van der Waals surface area (Å²) in [6.45, 7) is 11.7. The Kier molecular flexibility index (Phi) is 10.2. The summed E-state index contributed by atoms with van der Waals surface area (Å²) >= 11 is 0. The predicted octanol–water partition coefficient (Wildman–Crippen LogP) is 6.93. The number of hydrogen-bond donors (Lipinski definition) is 0. The van der Waals surface area contributed by atoms with Gasteiger partial charge in [-0.05, 0) is 62.7 Å². The monoisotopic (exact) mass is 435 g/mol. The van der Waals surface area contributed by atoms with Crippen LogP contribution >= 0.6 is 0 Å². The second-order valence-electron chi connectivity index (χ2n) is 8.96. The SMILES string of the molecule is CC1=C(/C=C/C(C)=C/C=C/C(C)=C/C(=O)OCCCOc2ccccn2)C(C)(C)CCC1. The smallest absolute Gasteiger partial charge is 0.331 e. The molecule has 1 aliphatic rings. The van der Waals surface area contributed by atoms with Gasteiger partial charge in [-0.15, -0.1) is 0 Å². The first-order valence-electron chi connectivity index (χ1n) is 11.4. The molecule has 0 aromatic carbocycles. The van der Waals surface area contributed by atoms with Gasteiger partial charge in [0.2, 0.25) is 5.88 Å². The summed E-state index contributed by atoms with van der Waals surface area (Å²) in [6, 6.07) is 5.50. The van der Waals surface area contributed by atoms with Crippen LogP contribution in [0.2, 0.25) is 0 Å². The van der Waals surface area contributed by atoms with Crippen LogP contribution in [0.25, 0.3) is 0 Å². The molecular weight excluding hydrogens is 398 g/mol. The number of nitrogens with zero attached hydrogens (tertiary/aromatic N) is 1. The molecular formula is C28H37NO3. The van der Waals surface area contributed by atoms with Crippen LogP contribution in [0.1, 0.15) is 60.3 Å². The van der Waals surface area contributed by atoms with E-state index in [0.29, 0.717) is 25.5 Å². The minimum Gasteiger partial charge on any atom is -0.478 e. The molecule has 1 heterocycles. The van der Waals surface area contributed by atoms with Crippen molar-refractivity contribution in [3.8, 4) is 5.88 Å². The highest BCUT2D eigenvalue weighted by Crippen LogP contribution is 2.40. The third kappa shape index (κ3) is 9.09. The fourth-order valence-electron chi connectivity index (χ4n) is 3.75. The van der Waals surface area contributed by atoms with Gasteiger partial charge < -0.3 is 9.47 Å². The van der Waals surface area contributed by atoms with Gasteiger partial charge in [0, 0.05) is 24.8 Å². The standard InChI is InChI=1S/C28H37NO3/c1-22(15-16-25-24(3)13-9-17-28(25,4)5)11-8-12-23(2)21-27(30)32-20-10-19-31-26-14-6-7-18-29-26/h6-8,11-12,14-16,18,21H,9-10,13,17,19-20H2,1-5H3/b12-8+,16-15+,22-11+,23-21+. The van der Waals surface area contributed by atoms with E-state index >= 15 is 0 Å². The van der Waals surface area contributed by atoms with Gasteiger partial charge in [0.1, 0.15) is 0 Å². The van der Waals surface area contributed by atoms with Crippen molar-refractivity contribution in [2.75, 3.05) is 13.2 Å². The number of carbonyl (C=O) groups excluding carboxylic acids is 1. The highest BCUT2D eigenvalue weighted by Gasteiger charge is 2.26. The van der Waals surface area contributed by atoms with Gasteiger partial charge in [0.15, 0.2) is 0 Å². The molecule has 0 spiro atoms. The lowest BCUT2D eigenvalue weighted by Gasteiger charge is -2.32. The van der Waals surface area contributed by atoms with Crippen molar-refractivity contribution < 1.29 is 14.3 Å². The molecule has 172 valence electrons. The minimum absolute atomic E-state index is 0.249. The molecule has 1 aliphatic carbocycles. The van der Waals surface area contributed by atoms with Crippen LogP contribution in [0.4, 0.5) is 0 Å². The molecule has 1 aromatic heterocycles. The van der Waals surface area contributed by atoms with E-state index in [2.05, 4.69) is 50.9 Å². The lowest BCUT2D eigenvalue weighted by molar-refractivity contribution is -0.138. The second-order valence-corrected chi connectivity index (χ2v) is 8.96. The molecule has 0 atom stereocenters. The molecule has 0 saturated carbocycles. The van der Waals surface area contributed by atoms with Crippen LogP contribution in [0.3, 0.4) is 0 Å². The number of pyridine rings is 1. The Balaban J connectivity index is 1.75. The third-order valence-corrected chi connectivity index (χ3v) is 5.54. The fourth-order valence-corrected chi connectivity index (χ4v) is 3.75. The summed E-state index contributed by atoms with van der Waals surface area (Å²) in [5, 5.41) is 0. The van der Waals surface area contributed by atoms with Crippen LogP contribution in [-0.4, -0.2) is 24.2 Å². The molecule has 0 unspecified atom stereocenters. The zero-order valence-corrected chi connectivity index (χ0v) is 20.2. The average Bonchev–Trinajstić information content (AvgIpc) is 2.73. The number of rotatable bonds is 10. The summed E-state index contributed by atoms with van der Waals surface area (Å²) in [6.07, 6.45) is 17.9. The van der Waals surface area contributed by atoms with Crippen LogP contribution in [-0.2, 0) is 9.53 Å². The Morgan fingerprint density at radius 2 is 1.97 bits per heavy atom. The number of esters is 1. The van der Waals surface area contributed by atoms with E-state index in [0.717, 1.165) is 5.57 Å². The Hall–Kier alpha value is -2.88. The molecule has 0 radical (unpaired) electrons. The minimum atomic E-state index is -0.340. The van der Waals surface area contributed by atoms with E-state index < -0.39 is 0 Å². The zero-order valence-electron chi connectivity index (χ0n) is 20.2. The normalized spacial score (nSPS) is 17.3. The van der Waals surface area contributed by atoms with Crippen molar-refractivity contribution in [3.63, 3.8) is 0 Å². The van der Waals surface area contributed by atoms with Crippen LogP contribution < -0.4 is 4.74 Å². The molecule has 0 aliphatic heterocycles. The third-order valence-electron chi connectivity index (χ3n) is 5.54. The number of hydrogen-bond acceptors (Lipinski definition) is 4. The highest BCUT2D eigenvalue weighted by molar-refractivity contribution is 5.83. The zero-order chi connectivity index (χ0) is 23.4. The van der Waals surface area contributed by atoms with Crippen molar-refractivity contribution in [2.45, 2.75) is 60.3 Å². The first kappa shape index (κ1) is 25.4. The second kappa shape index (κ2) is 12.8. The maximum atomic E-state index is 11.9. The average molecular weight is 436 g/mol. The number of allylic oxidation sites excluding steroid dienone is 9. The maximum absolute atomic E-state index is 11.9. The van der Waals surface area contributed by atoms with Crippen molar-refractivity contribution in [1.82, 2.24) is 4.98 Å². The molecule has 0 N–H and O–H groups in total. The molecule has 0 amide bonds. The first-order valence-corrected chi connectivity index (χ1v) is 11.4. The quantitative estimate of drug-likeness (QED) is 0.173. The largest absolute Gasteiger partial charge is 0.478 e. The lowest BCUT2D eigenvalue weighted by atomic mass is 9.72. The van der Waals surface area contributed by atoms with Gasteiger partial charge in [-0.25, -0.2) is 9.78 Å². The van der Waals surface area contributed by atoms with E-state index in [4.69, 9.17) is 9.47 Å². The van der Waals surface area contributed by atoms with E-state index in [1.165, 1.54) is 42.1 Å². The van der Waals surface area contributed by atoms with Crippen molar-refractivity contribution in [2.24, 2.45) is 5.41 Å². The van der Waals surface area contributed by atoms with Gasteiger partial charge in [-0.1, -0.05) is 61.4 Å². The molecule has 32 heavy (non-hydrogen) atoms. The van der Waals surface area contributed by atoms with Gasteiger partial charge >= 0.3 is 5.97 Å². The lowest BCUT2D eigenvalue weighted by Crippen LogP contribution is -2.19. The fraction of sp³-hybridized carbons (Fsp3) is 0.429. The molecule has 0 fully saturated rings. The van der Waals surface area contributed by atoms with Crippen LogP contribution in [0, 0.1) is 5.41 Å². The van der Waals surface area contributed by atoms with Crippen LogP contribution in [0.5, 0.6) is 5.88 Å². The molecule has 0 bridgehead atoms. The molecule has 0 saturated heterocycles. The molecule has 1 aromatic rings. The van der Waals surface area contributed by atoms with Gasteiger partial charge in [0.25, 0.3) is 0 Å². The van der Waals surface area contributed by atoms with Crippen molar-refractivity contribution in [1.29, 1.82) is 0 Å². The molecule has 2 rings (SSSR count). The number of ether oxygens (including phenoxy) is 2. The Labute approximate surface area is 193 Å². The van der Waals surface area contributed by atoms with E-state index in [-0.39, 0.29) is 11.4 Å². The summed E-state index contributed by atoms with van der Waals surface area (Å²) in [5.41, 5.74) is 5.23. The number of aromatic nitrogens is 1. The van der Waals surface area contributed by atoms with E-state index in [1.54, 1.807) is 12.3 Å². The van der Waals surface area contributed by atoms with E-state index in [1.807, 2.05) is 31.2 Å². The highest BCUT2D eigenvalue weighted by atomic mass is 16.5. The summed E-state index contributed by atoms with van der Waals surface area (Å²) in [7, 11) is 0. The Morgan fingerprint density at radius 1 is 1.16 bits per heavy atom. The summed E-state index contributed by atoms with van der Waals surface area (Å²) < 4.78 is 10.7. The van der Waals surface area contributed by atoms with Gasteiger partial charge in [-0.3, -0.25) is 0 Å². The molecule has 4 heteroatoms. The maximum Gasteiger partial charge on any atom is 0.331 e. The van der Waals surface area contributed by atoms with Gasteiger partial charge in [0.05, 0.1) is 13.2 Å². The van der Waals surface area contributed by atoms with E-state index in [9.17, 15) is 4.79 Å².